The fourth-order valence-electron chi connectivity index (χ4n) is 1.61. The van der Waals surface area contributed by atoms with Crippen molar-refractivity contribution in [3.05, 3.63) is 0 Å². The van der Waals surface area contributed by atoms with E-state index in [4.69, 9.17) is 5.84 Å². The molecule has 0 heterocycles. The smallest absolute Gasteiger partial charge is 0.0810 e. The van der Waals surface area contributed by atoms with Crippen LogP contribution in [0.3, 0.4) is 0 Å². The van der Waals surface area contributed by atoms with E-state index in [-0.39, 0.29) is 0 Å². The summed E-state index contributed by atoms with van der Waals surface area (Å²) in [6.45, 7) is 0. The van der Waals surface area contributed by atoms with Crippen LogP contribution in [0.25, 0.3) is 0 Å². The first kappa shape index (κ1) is 9.23. The third-order valence-electron chi connectivity index (χ3n) is 2.34. The van der Waals surface area contributed by atoms with Gasteiger partial charge in [-0.2, -0.15) is 5.10 Å². The van der Waals surface area contributed by atoms with Crippen LogP contribution in [0.1, 0.15) is 38.5 Å². The van der Waals surface area contributed by atoms with Crippen LogP contribution in [0.15, 0.2) is 10.1 Å². The van der Waals surface area contributed by atoms with E-state index in [9.17, 15) is 0 Å². The number of rotatable bonds is 0. The zero-order valence-electron chi connectivity index (χ0n) is 7.71. The minimum absolute atomic E-state index is 1.00. The topological polar surface area (TPSA) is 50.7 Å². The summed E-state index contributed by atoms with van der Waals surface area (Å²) in [7, 11) is 1.82. The van der Waals surface area contributed by atoms with Crippen LogP contribution >= 0.6 is 0 Å². The molecule has 0 aromatic heterocycles. The molecule has 0 spiro atoms. The van der Waals surface area contributed by atoms with Crippen LogP contribution in [0.4, 0.5) is 0 Å². The SMILES string of the molecule is CN=C1CCCCCCC1=NN. The van der Waals surface area contributed by atoms with Gasteiger partial charge in [0.25, 0.3) is 0 Å². The second kappa shape index (κ2) is 4.91. The van der Waals surface area contributed by atoms with E-state index in [1.165, 1.54) is 25.7 Å². The van der Waals surface area contributed by atoms with Crippen molar-refractivity contribution >= 4 is 11.4 Å². The van der Waals surface area contributed by atoms with Gasteiger partial charge in [-0.25, -0.2) is 0 Å². The molecule has 0 atom stereocenters. The van der Waals surface area contributed by atoms with Crippen molar-refractivity contribution < 1.29 is 0 Å². The molecule has 0 aromatic carbocycles. The Morgan fingerprint density at radius 2 is 1.58 bits per heavy atom. The zero-order chi connectivity index (χ0) is 8.81. The van der Waals surface area contributed by atoms with Gasteiger partial charge in [0.2, 0.25) is 0 Å². The second-order valence-electron chi connectivity index (χ2n) is 3.16. The molecule has 1 aliphatic carbocycles. The molecule has 68 valence electrons. The molecule has 0 amide bonds. The van der Waals surface area contributed by atoms with Gasteiger partial charge in [0.05, 0.1) is 11.4 Å². The summed E-state index contributed by atoms with van der Waals surface area (Å²) in [6.07, 6.45) is 7.10. The zero-order valence-corrected chi connectivity index (χ0v) is 7.71. The maximum absolute atomic E-state index is 5.30. The summed E-state index contributed by atoms with van der Waals surface area (Å²) in [5, 5.41) is 3.79. The molecule has 1 saturated carbocycles. The van der Waals surface area contributed by atoms with Crippen LogP contribution < -0.4 is 5.84 Å². The number of hydrogen-bond acceptors (Lipinski definition) is 3. The van der Waals surface area contributed by atoms with Crippen LogP contribution in [-0.2, 0) is 0 Å². The Morgan fingerprint density at radius 1 is 1.00 bits per heavy atom. The number of nitrogens with two attached hydrogens (primary N) is 1. The van der Waals surface area contributed by atoms with Crippen molar-refractivity contribution in [3.63, 3.8) is 0 Å². The standard InChI is InChI=1S/C9H17N3/c1-11-8-6-4-2-3-5-7-9(8)12-10/h2-7,10H2,1H3. The fraction of sp³-hybridized carbons (Fsp3) is 0.778. The summed E-state index contributed by atoms with van der Waals surface area (Å²) in [4.78, 5) is 4.21. The van der Waals surface area contributed by atoms with E-state index in [2.05, 4.69) is 10.1 Å². The number of hydrogen-bond donors (Lipinski definition) is 1. The Kier molecular flexibility index (Phi) is 3.77. The van der Waals surface area contributed by atoms with Crippen LogP contribution in [0.5, 0.6) is 0 Å². The third-order valence-corrected chi connectivity index (χ3v) is 2.34. The van der Waals surface area contributed by atoms with Gasteiger partial charge in [-0.15, -0.1) is 0 Å². The molecule has 1 rings (SSSR count). The normalized spacial score (nSPS) is 27.1. The number of aliphatic imine (C=N–C) groups is 1. The first-order chi connectivity index (χ1) is 5.88. The summed E-state index contributed by atoms with van der Waals surface area (Å²) in [5.74, 6) is 5.30. The van der Waals surface area contributed by atoms with E-state index in [1.807, 2.05) is 7.05 Å². The van der Waals surface area contributed by atoms with Gasteiger partial charge in [0, 0.05) is 7.05 Å². The average Bonchev–Trinajstić information content (AvgIpc) is 2.05. The average molecular weight is 167 g/mol. The van der Waals surface area contributed by atoms with E-state index < -0.39 is 0 Å². The minimum atomic E-state index is 1.00. The Labute approximate surface area is 73.8 Å². The van der Waals surface area contributed by atoms with Gasteiger partial charge < -0.3 is 5.84 Å². The number of hydrazone groups is 1. The van der Waals surface area contributed by atoms with E-state index in [1.54, 1.807) is 0 Å². The van der Waals surface area contributed by atoms with Crippen LogP contribution in [0.2, 0.25) is 0 Å². The molecule has 0 radical (unpaired) electrons. The van der Waals surface area contributed by atoms with Gasteiger partial charge in [0.15, 0.2) is 0 Å². The van der Waals surface area contributed by atoms with Crippen molar-refractivity contribution in [3.8, 4) is 0 Å². The lowest BCUT2D eigenvalue weighted by Gasteiger charge is -2.11. The summed E-state index contributed by atoms with van der Waals surface area (Å²) in [6, 6.07) is 0. The first-order valence-corrected chi connectivity index (χ1v) is 4.61. The van der Waals surface area contributed by atoms with Crippen LogP contribution in [-0.4, -0.2) is 18.5 Å². The predicted octanol–water partition coefficient (Wildman–Crippen LogP) is 1.73. The molecular formula is C9H17N3. The highest BCUT2D eigenvalue weighted by Gasteiger charge is 2.10. The fourth-order valence-corrected chi connectivity index (χ4v) is 1.61. The molecule has 12 heavy (non-hydrogen) atoms. The van der Waals surface area contributed by atoms with Gasteiger partial charge in [0.1, 0.15) is 0 Å². The molecule has 3 nitrogen and oxygen atoms in total. The monoisotopic (exact) mass is 167 g/mol. The highest BCUT2D eigenvalue weighted by atomic mass is 15.1. The molecule has 1 fully saturated rings. The lowest BCUT2D eigenvalue weighted by atomic mass is 9.97. The Hall–Kier alpha value is -0.860. The number of nitrogens with zero attached hydrogens (tertiary/aromatic N) is 2. The summed E-state index contributed by atoms with van der Waals surface area (Å²) >= 11 is 0. The van der Waals surface area contributed by atoms with Gasteiger partial charge in [-0.05, 0) is 25.7 Å². The molecule has 0 aliphatic heterocycles. The lowest BCUT2D eigenvalue weighted by molar-refractivity contribution is 0.658. The largest absolute Gasteiger partial charge is 0.323 e. The highest BCUT2D eigenvalue weighted by Crippen LogP contribution is 2.13. The minimum Gasteiger partial charge on any atom is -0.323 e. The lowest BCUT2D eigenvalue weighted by Crippen LogP contribution is -2.17. The maximum atomic E-state index is 5.30. The summed E-state index contributed by atoms with van der Waals surface area (Å²) in [5.41, 5.74) is 2.12. The first-order valence-electron chi connectivity index (χ1n) is 4.61. The van der Waals surface area contributed by atoms with Gasteiger partial charge in [-0.1, -0.05) is 12.8 Å². The highest BCUT2D eigenvalue weighted by molar-refractivity contribution is 6.42. The molecule has 1 aliphatic rings. The quantitative estimate of drug-likeness (QED) is 0.433. The van der Waals surface area contributed by atoms with Crippen molar-refractivity contribution in [2.75, 3.05) is 7.05 Å². The Balaban J connectivity index is 2.65. The molecule has 2 N–H and O–H groups in total. The van der Waals surface area contributed by atoms with Gasteiger partial charge >= 0.3 is 0 Å². The molecule has 0 aromatic rings. The molecular weight excluding hydrogens is 150 g/mol. The van der Waals surface area contributed by atoms with Crippen LogP contribution in [0, 0.1) is 0 Å². The van der Waals surface area contributed by atoms with E-state index in [0.717, 1.165) is 24.3 Å². The molecule has 0 unspecified atom stereocenters. The second-order valence-corrected chi connectivity index (χ2v) is 3.16. The molecule has 0 saturated heterocycles. The molecule has 0 bridgehead atoms. The van der Waals surface area contributed by atoms with Crippen molar-refractivity contribution in [2.24, 2.45) is 15.9 Å². The predicted molar refractivity (Wildman–Crippen MR) is 52.7 cm³/mol. The summed E-state index contributed by atoms with van der Waals surface area (Å²) < 4.78 is 0. The van der Waals surface area contributed by atoms with Gasteiger partial charge in [-0.3, -0.25) is 4.99 Å². The van der Waals surface area contributed by atoms with E-state index >= 15 is 0 Å². The van der Waals surface area contributed by atoms with E-state index in [0.29, 0.717) is 0 Å². The Morgan fingerprint density at radius 3 is 2.08 bits per heavy atom. The third kappa shape index (κ3) is 2.32. The van der Waals surface area contributed by atoms with Crippen molar-refractivity contribution in [2.45, 2.75) is 38.5 Å². The van der Waals surface area contributed by atoms with Crippen molar-refractivity contribution in [1.29, 1.82) is 0 Å². The maximum Gasteiger partial charge on any atom is 0.0810 e. The van der Waals surface area contributed by atoms with Crippen molar-refractivity contribution in [1.82, 2.24) is 0 Å². The Bertz CT molecular complexity index is 172. The molecule has 3 heteroatoms.